The minimum absolute atomic E-state index is 0.0246. The van der Waals surface area contributed by atoms with Crippen LogP contribution in [0.15, 0.2) is 12.2 Å². The molecule has 28 heavy (non-hydrogen) atoms. The fourth-order valence-corrected chi connectivity index (χ4v) is 3.28. The van der Waals surface area contributed by atoms with E-state index in [1.807, 2.05) is 0 Å². The third-order valence-corrected chi connectivity index (χ3v) is 5.04. The van der Waals surface area contributed by atoms with E-state index in [9.17, 15) is 4.79 Å². The third kappa shape index (κ3) is 23.2. The Morgan fingerprint density at radius 2 is 1.21 bits per heavy atom. The quantitative estimate of drug-likeness (QED) is 0.122. The first-order chi connectivity index (χ1) is 13.8. The minimum Gasteiger partial charge on any atom is -0.395 e. The minimum atomic E-state index is -0.227. The van der Waals surface area contributed by atoms with E-state index in [4.69, 9.17) is 9.94 Å². The van der Waals surface area contributed by atoms with Crippen LogP contribution in [0.2, 0.25) is 0 Å². The molecule has 0 rings (SSSR count). The van der Waals surface area contributed by atoms with Gasteiger partial charge in [0.15, 0.2) is 0 Å². The molecule has 4 nitrogen and oxygen atoms in total. The van der Waals surface area contributed by atoms with Crippen LogP contribution in [0.3, 0.4) is 0 Å². The molecule has 2 N–H and O–H groups in total. The van der Waals surface area contributed by atoms with E-state index in [0.29, 0.717) is 13.0 Å². The molecule has 4 heteroatoms. The van der Waals surface area contributed by atoms with Crippen LogP contribution in [0.1, 0.15) is 122 Å². The topological polar surface area (TPSA) is 58.6 Å². The number of nitrogens with one attached hydrogen (secondary N) is 1. The predicted molar refractivity (Wildman–Crippen MR) is 119 cm³/mol. The van der Waals surface area contributed by atoms with E-state index in [1.54, 1.807) is 0 Å². The van der Waals surface area contributed by atoms with Crippen LogP contribution < -0.4 is 5.48 Å². The normalized spacial score (nSPS) is 11.4. The van der Waals surface area contributed by atoms with Gasteiger partial charge in [0.25, 0.3) is 0 Å². The van der Waals surface area contributed by atoms with Crippen molar-refractivity contribution >= 4 is 5.97 Å². The molecule has 0 bridgehead atoms. The van der Waals surface area contributed by atoms with Gasteiger partial charge >= 0.3 is 5.97 Å². The van der Waals surface area contributed by atoms with Gasteiger partial charge in [-0.2, -0.15) is 5.48 Å². The lowest BCUT2D eigenvalue weighted by molar-refractivity contribution is -0.151. The highest BCUT2D eigenvalue weighted by Gasteiger charge is 2.02. The Morgan fingerprint density at radius 3 is 1.71 bits per heavy atom. The van der Waals surface area contributed by atoms with Gasteiger partial charge in [-0.25, -0.2) is 0 Å². The lowest BCUT2D eigenvalue weighted by atomic mass is 10.1. The Kier molecular flexibility index (Phi) is 23.4. The zero-order chi connectivity index (χ0) is 20.5. The van der Waals surface area contributed by atoms with E-state index >= 15 is 0 Å². The van der Waals surface area contributed by atoms with Crippen molar-refractivity contribution in [2.24, 2.45) is 0 Å². The summed E-state index contributed by atoms with van der Waals surface area (Å²) in [5.74, 6) is -0.227. The molecule has 0 fully saturated rings. The van der Waals surface area contributed by atoms with Crippen LogP contribution >= 0.6 is 0 Å². The molecule has 0 radical (unpaired) electrons. The number of carbonyl (C=O) groups excluding carboxylic acids is 1. The van der Waals surface area contributed by atoms with E-state index in [0.717, 1.165) is 12.8 Å². The largest absolute Gasteiger partial charge is 0.395 e. The van der Waals surface area contributed by atoms with Crippen molar-refractivity contribution in [3.05, 3.63) is 12.2 Å². The standard InChI is InChI=1S/C24H47NO3/c1-2-3-4-5-6-7-8-9-10-11-12-13-14-15-16-17-18-19-20-21-24(27)28-25-22-23-26/h9-10,25-26H,2-8,11-23H2,1H3/b10-9-. The SMILES string of the molecule is CCCCCCCC/C=C\CCCCCCCCCCCC(=O)ONCCO. The Morgan fingerprint density at radius 1 is 0.750 bits per heavy atom. The van der Waals surface area contributed by atoms with Crippen LogP contribution in [-0.4, -0.2) is 24.2 Å². The van der Waals surface area contributed by atoms with Crippen molar-refractivity contribution in [1.82, 2.24) is 5.48 Å². The monoisotopic (exact) mass is 397 g/mol. The molecule has 0 heterocycles. The molecule has 0 aliphatic rings. The van der Waals surface area contributed by atoms with Crippen molar-refractivity contribution in [1.29, 1.82) is 0 Å². The van der Waals surface area contributed by atoms with Gasteiger partial charge < -0.3 is 9.94 Å². The summed E-state index contributed by atoms with van der Waals surface area (Å²) < 4.78 is 0. The average molecular weight is 398 g/mol. The Balaban J connectivity index is 3.13. The van der Waals surface area contributed by atoms with Crippen molar-refractivity contribution in [3.63, 3.8) is 0 Å². The maximum absolute atomic E-state index is 11.3. The summed E-state index contributed by atoms with van der Waals surface area (Å²) in [6, 6.07) is 0. The molecule has 0 aliphatic heterocycles. The molecule has 0 atom stereocenters. The second-order valence-corrected chi connectivity index (χ2v) is 7.84. The smallest absolute Gasteiger partial charge is 0.324 e. The average Bonchev–Trinajstić information content (AvgIpc) is 2.70. The summed E-state index contributed by atoms with van der Waals surface area (Å²) >= 11 is 0. The number of allylic oxidation sites excluding steroid dienone is 2. The molecule has 0 unspecified atom stereocenters. The van der Waals surface area contributed by atoms with E-state index < -0.39 is 0 Å². The molecule has 0 saturated carbocycles. The summed E-state index contributed by atoms with van der Waals surface area (Å²) in [6.45, 7) is 2.54. The first-order valence-corrected chi connectivity index (χ1v) is 12.0. The second-order valence-electron chi connectivity index (χ2n) is 7.84. The van der Waals surface area contributed by atoms with Gasteiger partial charge in [-0.3, -0.25) is 4.79 Å². The van der Waals surface area contributed by atoms with E-state index in [2.05, 4.69) is 24.6 Å². The number of unbranched alkanes of at least 4 members (excludes halogenated alkanes) is 15. The van der Waals surface area contributed by atoms with Gasteiger partial charge in [0.2, 0.25) is 0 Å². The van der Waals surface area contributed by atoms with Crippen LogP contribution in [0.4, 0.5) is 0 Å². The van der Waals surface area contributed by atoms with Crippen LogP contribution in [0.25, 0.3) is 0 Å². The van der Waals surface area contributed by atoms with Gasteiger partial charge in [-0.15, -0.1) is 0 Å². The number of hydrogen-bond donors (Lipinski definition) is 2. The summed E-state index contributed by atoms with van der Waals surface area (Å²) in [7, 11) is 0. The summed E-state index contributed by atoms with van der Waals surface area (Å²) in [5, 5.41) is 8.57. The fourth-order valence-electron chi connectivity index (χ4n) is 3.28. The molecule has 0 aromatic heterocycles. The molecule has 166 valence electrons. The highest BCUT2D eigenvalue weighted by Crippen LogP contribution is 2.12. The predicted octanol–water partition coefficient (Wildman–Crippen LogP) is 6.62. The Bertz CT molecular complexity index is 345. The molecule has 0 amide bonds. The zero-order valence-electron chi connectivity index (χ0n) is 18.6. The van der Waals surface area contributed by atoms with E-state index in [-0.39, 0.29) is 12.6 Å². The highest BCUT2D eigenvalue weighted by atomic mass is 16.7. The number of aliphatic hydroxyl groups excluding tert-OH is 1. The lowest BCUT2D eigenvalue weighted by Gasteiger charge is -2.04. The summed E-state index contributed by atoms with van der Waals surface area (Å²) in [4.78, 5) is 16.1. The van der Waals surface area contributed by atoms with Gasteiger partial charge in [-0.05, 0) is 32.1 Å². The Labute approximate surface area is 174 Å². The number of hydroxylamine groups is 1. The van der Waals surface area contributed by atoms with E-state index in [1.165, 1.54) is 96.3 Å². The first-order valence-electron chi connectivity index (χ1n) is 12.0. The van der Waals surface area contributed by atoms with Crippen LogP contribution in [-0.2, 0) is 9.63 Å². The van der Waals surface area contributed by atoms with Crippen molar-refractivity contribution < 1.29 is 14.7 Å². The van der Waals surface area contributed by atoms with Gasteiger partial charge in [0.1, 0.15) is 0 Å². The third-order valence-electron chi connectivity index (χ3n) is 5.04. The molecular formula is C24H47NO3. The first kappa shape index (κ1) is 27.1. The van der Waals surface area contributed by atoms with Crippen LogP contribution in [0, 0.1) is 0 Å². The number of carbonyl (C=O) groups is 1. The zero-order valence-corrected chi connectivity index (χ0v) is 18.6. The second kappa shape index (κ2) is 24.2. The van der Waals surface area contributed by atoms with Gasteiger partial charge in [0, 0.05) is 6.42 Å². The lowest BCUT2D eigenvalue weighted by Crippen LogP contribution is -2.22. The van der Waals surface area contributed by atoms with Crippen LogP contribution in [0.5, 0.6) is 0 Å². The molecule has 0 saturated heterocycles. The van der Waals surface area contributed by atoms with Gasteiger partial charge in [-0.1, -0.05) is 96.1 Å². The molecule has 0 spiro atoms. The maximum Gasteiger partial charge on any atom is 0.324 e. The molecule has 0 aliphatic carbocycles. The Hall–Kier alpha value is -0.870. The summed E-state index contributed by atoms with van der Waals surface area (Å²) in [6.07, 6.45) is 27.3. The van der Waals surface area contributed by atoms with Crippen molar-refractivity contribution in [2.45, 2.75) is 122 Å². The van der Waals surface area contributed by atoms with Crippen molar-refractivity contribution in [2.75, 3.05) is 13.2 Å². The molecular weight excluding hydrogens is 350 g/mol. The highest BCUT2D eigenvalue weighted by molar-refractivity contribution is 5.68. The maximum atomic E-state index is 11.3. The molecule has 0 aromatic carbocycles. The summed E-state index contributed by atoms with van der Waals surface area (Å²) in [5.41, 5.74) is 2.44. The van der Waals surface area contributed by atoms with Crippen molar-refractivity contribution in [3.8, 4) is 0 Å². The number of aliphatic hydroxyl groups is 1. The number of hydrogen-bond acceptors (Lipinski definition) is 4. The number of rotatable bonds is 22. The fraction of sp³-hybridized carbons (Fsp3) is 0.875. The molecule has 0 aromatic rings. The van der Waals surface area contributed by atoms with Gasteiger partial charge in [0.05, 0.1) is 13.2 Å².